The average Bonchev–Trinajstić information content (AvgIpc) is 3.21. The van der Waals surface area contributed by atoms with Gasteiger partial charge in [0.15, 0.2) is 0 Å². The molecule has 2 aliphatic heterocycles. The summed E-state index contributed by atoms with van der Waals surface area (Å²) in [6, 6.07) is 1.94. The first-order valence-electron chi connectivity index (χ1n) is 12.0. The van der Waals surface area contributed by atoms with E-state index >= 15 is 0 Å². The van der Waals surface area contributed by atoms with Crippen molar-refractivity contribution in [2.24, 2.45) is 0 Å². The first-order chi connectivity index (χ1) is 17.5. The average molecular weight is 515 g/mol. The Morgan fingerprint density at radius 1 is 1.22 bits per heavy atom. The van der Waals surface area contributed by atoms with Crippen LogP contribution in [0, 0.1) is 12.7 Å². The summed E-state index contributed by atoms with van der Waals surface area (Å²) in [5.41, 5.74) is 3.42. The molecule has 1 amide bonds. The van der Waals surface area contributed by atoms with E-state index in [1.807, 2.05) is 0 Å². The van der Waals surface area contributed by atoms with Crippen molar-refractivity contribution < 1.29 is 31.9 Å². The molecule has 11 heteroatoms. The predicted octanol–water partition coefficient (Wildman–Crippen LogP) is 4.09. The Kier molecular flexibility index (Phi) is 5.02. The lowest BCUT2D eigenvalue weighted by Gasteiger charge is -2.30. The van der Waals surface area contributed by atoms with Crippen LogP contribution in [0.2, 0.25) is 0 Å². The maximum absolute atomic E-state index is 14.8. The van der Waals surface area contributed by atoms with Crippen molar-refractivity contribution in [3.8, 4) is 11.4 Å². The second-order valence-corrected chi connectivity index (χ2v) is 9.69. The predicted molar refractivity (Wildman–Crippen MR) is 123 cm³/mol. The molecule has 37 heavy (non-hydrogen) atoms. The Bertz CT molecular complexity index is 1610. The van der Waals surface area contributed by atoms with Crippen molar-refractivity contribution in [3.63, 3.8) is 0 Å². The number of aromatic nitrogens is 2. The Morgan fingerprint density at radius 2 is 1.97 bits per heavy atom. The number of aryl methyl sites for hydroxylation is 1. The zero-order valence-corrected chi connectivity index (χ0v) is 19.9. The molecule has 4 heterocycles. The van der Waals surface area contributed by atoms with Gasteiger partial charge in [0.1, 0.15) is 12.4 Å². The van der Waals surface area contributed by atoms with Crippen molar-refractivity contribution in [1.82, 2.24) is 14.9 Å². The number of fused-ring (bicyclic) bond motifs is 5. The maximum Gasteiger partial charge on any atom is 0.471 e. The molecule has 2 aromatic heterocycles. The van der Waals surface area contributed by atoms with Gasteiger partial charge in [-0.1, -0.05) is 6.92 Å². The molecular formula is C26H21F4N3O4. The van der Waals surface area contributed by atoms with Crippen LogP contribution >= 0.6 is 0 Å². The zero-order chi connectivity index (χ0) is 26.4. The molecule has 2 unspecified atom stereocenters. The molecule has 3 aliphatic rings. The van der Waals surface area contributed by atoms with E-state index < -0.39 is 35.8 Å². The van der Waals surface area contributed by atoms with Gasteiger partial charge in [0.2, 0.25) is 0 Å². The van der Waals surface area contributed by atoms with Gasteiger partial charge < -0.3 is 14.6 Å². The van der Waals surface area contributed by atoms with E-state index in [1.54, 1.807) is 19.9 Å². The Labute approximate surface area is 207 Å². The largest absolute Gasteiger partial charge is 0.471 e. The van der Waals surface area contributed by atoms with Gasteiger partial charge in [0.25, 0.3) is 5.56 Å². The molecule has 0 radical (unpaired) electrons. The van der Waals surface area contributed by atoms with Gasteiger partial charge in [0, 0.05) is 17.0 Å². The Hall–Kier alpha value is -3.76. The zero-order valence-electron chi connectivity index (χ0n) is 19.9. The van der Waals surface area contributed by atoms with Crippen LogP contribution < -0.4 is 10.9 Å². The summed E-state index contributed by atoms with van der Waals surface area (Å²) in [5.74, 6) is -3.62. The van der Waals surface area contributed by atoms with Gasteiger partial charge in [-0.2, -0.15) is 13.2 Å². The van der Waals surface area contributed by atoms with Gasteiger partial charge in [-0.05, 0) is 54.5 Å². The first-order valence-corrected chi connectivity index (χ1v) is 12.0. The van der Waals surface area contributed by atoms with Crippen LogP contribution in [0.3, 0.4) is 0 Å². The number of ether oxygens (including phenoxy) is 1. The van der Waals surface area contributed by atoms with E-state index in [0.717, 1.165) is 0 Å². The third-order valence-electron chi connectivity index (χ3n) is 7.76. The van der Waals surface area contributed by atoms with E-state index in [4.69, 9.17) is 4.74 Å². The number of alkyl halides is 3. The number of halogens is 4. The number of pyridine rings is 2. The van der Waals surface area contributed by atoms with Crippen molar-refractivity contribution in [2.45, 2.75) is 64.4 Å². The number of carbonyl (C=O) groups is 2. The van der Waals surface area contributed by atoms with Gasteiger partial charge in [-0.25, -0.2) is 9.37 Å². The minimum absolute atomic E-state index is 0.0219. The lowest BCUT2D eigenvalue weighted by Crippen LogP contribution is -2.40. The van der Waals surface area contributed by atoms with Crippen LogP contribution in [0.25, 0.3) is 22.3 Å². The van der Waals surface area contributed by atoms with Crippen LogP contribution in [-0.4, -0.2) is 27.6 Å². The summed E-state index contributed by atoms with van der Waals surface area (Å²) in [7, 11) is 0. The summed E-state index contributed by atoms with van der Waals surface area (Å²) in [6.45, 7) is 3.26. The van der Waals surface area contributed by atoms with Gasteiger partial charge in [-0.15, -0.1) is 0 Å². The Balaban J connectivity index is 1.62. The highest BCUT2D eigenvalue weighted by molar-refractivity contribution is 5.94. The quantitative estimate of drug-likeness (QED) is 0.321. The molecule has 0 bridgehead atoms. The number of hydrogen-bond donors (Lipinski definition) is 1. The minimum atomic E-state index is -5.07. The second-order valence-electron chi connectivity index (χ2n) is 9.69. The van der Waals surface area contributed by atoms with Crippen molar-refractivity contribution in [2.75, 3.05) is 0 Å². The highest BCUT2D eigenvalue weighted by Gasteiger charge is 2.42. The van der Waals surface area contributed by atoms with Crippen LogP contribution in [-0.2, 0) is 33.9 Å². The molecule has 192 valence electrons. The fourth-order valence-corrected chi connectivity index (χ4v) is 5.96. The lowest BCUT2D eigenvalue weighted by molar-refractivity contribution is -0.174. The van der Waals surface area contributed by atoms with Gasteiger partial charge >= 0.3 is 18.1 Å². The summed E-state index contributed by atoms with van der Waals surface area (Å²) < 4.78 is 61.0. The van der Waals surface area contributed by atoms with Crippen molar-refractivity contribution in [1.29, 1.82) is 0 Å². The van der Waals surface area contributed by atoms with E-state index in [1.165, 1.54) is 10.6 Å². The normalized spacial score (nSPS) is 19.8. The number of nitrogens with zero attached hydrogens (tertiary/aromatic N) is 2. The maximum atomic E-state index is 14.8. The summed E-state index contributed by atoms with van der Waals surface area (Å²) in [6.07, 6.45) is -4.27. The molecule has 6 rings (SSSR count). The molecule has 0 saturated carbocycles. The molecule has 3 aromatic rings. The van der Waals surface area contributed by atoms with E-state index in [-0.39, 0.29) is 37.1 Å². The standard InChI is InChI=1S/C26H21F4N3O4/c1-3-11-13-6-19-22-14(8-33(19)23(34)15(13)9-37-24(11)35)21-17(32-25(36)26(28,29)30)5-4-12-10(2)16(27)7-18(31-22)20(12)21/h6-7,11,17H,3-5,8-9H2,1-2H3,(H,32,36). The molecule has 2 atom stereocenters. The molecule has 1 N–H and O–H groups in total. The number of amides is 1. The lowest BCUT2D eigenvalue weighted by atomic mass is 9.81. The number of cyclic esters (lactones) is 1. The third-order valence-corrected chi connectivity index (χ3v) is 7.76. The number of benzene rings is 1. The molecule has 0 saturated heterocycles. The van der Waals surface area contributed by atoms with E-state index in [0.29, 0.717) is 56.6 Å². The van der Waals surface area contributed by atoms with Gasteiger partial charge in [0.05, 0.1) is 41.0 Å². The molecule has 1 aromatic carbocycles. The van der Waals surface area contributed by atoms with Crippen LogP contribution in [0.4, 0.5) is 17.6 Å². The highest BCUT2D eigenvalue weighted by Crippen LogP contribution is 2.45. The smallest absolute Gasteiger partial charge is 0.460 e. The number of esters is 1. The number of hydrogen-bond acceptors (Lipinski definition) is 5. The Morgan fingerprint density at radius 3 is 2.68 bits per heavy atom. The minimum Gasteiger partial charge on any atom is -0.460 e. The molecule has 7 nitrogen and oxygen atoms in total. The second kappa shape index (κ2) is 7.87. The highest BCUT2D eigenvalue weighted by atomic mass is 19.4. The first kappa shape index (κ1) is 23.6. The summed E-state index contributed by atoms with van der Waals surface area (Å²) >= 11 is 0. The number of rotatable bonds is 2. The van der Waals surface area contributed by atoms with Crippen molar-refractivity contribution in [3.05, 3.63) is 61.7 Å². The fourth-order valence-electron chi connectivity index (χ4n) is 5.96. The molecule has 0 spiro atoms. The number of nitrogens with one attached hydrogen (secondary N) is 1. The van der Waals surface area contributed by atoms with E-state index in [2.05, 4.69) is 10.3 Å². The summed E-state index contributed by atoms with van der Waals surface area (Å²) in [4.78, 5) is 42.4. The molecule has 1 aliphatic carbocycles. The SMILES string of the molecule is CCC1C(=O)OCc2c1cc1n(c2=O)Cc2c-1nc1cc(F)c(C)c3c1c2C(NC(=O)C(F)(F)F)CC3. The van der Waals surface area contributed by atoms with Crippen LogP contribution in [0.1, 0.15) is 65.1 Å². The fraction of sp³-hybridized carbons (Fsp3) is 0.385. The molecular weight excluding hydrogens is 494 g/mol. The number of carbonyl (C=O) groups excluding carboxylic acids is 2. The third kappa shape index (κ3) is 3.32. The monoisotopic (exact) mass is 515 g/mol. The van der Waals surface area contributed by atoms with Crippen LogP contribution in [0.15, 0.2) is 16.9 Å². The summed E-state index contributed by atoms with van der Waals surface area (Å²) in [5, 5.41) is 2.61. The van der Waals surface area contributed by atoms with Crippen molar-refractivity contribution >= 4 is 22.8 Å². The van der Waals surface area contributed by atoms with Crippen LogP contribution in [0.5, 0.6) is 0 Å². The topological polar surface area (TPSA) is 90.3 Å². The van der Waals surface area contributed by atoms with Gasteiger partial charge in [-0.3, -0.25) is 14.4 Å². The molecule has 0 fully saturated rings. The van der Waals surface area contributed by atoms with E-state index in [9.17, 15) is 31.9 Å².